The summed E-state index contributed by atoms with van der Waals surface area (Å²) in [5, 5.41) is 19.5. The van der Waals surface area contributed by atoms with Crippen LogP contribution in [0.5, 0.6) is 5.75 Å². The molecular weight excluding hydrogens is 251 g/mol. The summed E-state index contributed by atoms with van der Waals surface area (Å²) in [5.41, 5.74) is 0.979. The van der Waals surface area contributed by atoms with E-state index >= 15 is 0 Å². The first kappa shape index (κ1) is 18.5. The van der Waals surface area contributed by atoms with Crippen molar-refractivity contribution in [1.82, 2.24) is 0 Å². The Labute approximate surface area is 137 Å². The second kappa shape index (κ2) is 5.86. The third-order valence-electron chi connectivity index (χ3n) is 2.97. The molecule has 0 heterocycles. The van der Waals surface area contributed by atoms with Gasteiger partial charge in [-0.1, -0.05) is 41.5 Å². The van der Waals surface area contributed by atoms with Gasteiger partial charge in [-0.25, -0.2) is 4.79 Å². The Morgan fingerprint density at radius 2 is 1.26 bits per heavy atom. The van der Waals surface area contributed by atoms with Crippen LogP contribution in [0.2, 0.25) is 0 Å². The fourth-order valence-corrected chi connectivity index (χ4v) is 1.90. The van der Waals surface area contributed by atoms with Crippen molar-refractivity contribution < 1.29 is 15.0 Å². The van der Waals surface area contributed by atoms with Gasteiger partial charge in [0.1, 0.15) is 5.75 Å². The molecule has 1 radical (unpaired) electrons. The molecule has 0 saturated heterocycles. The second-order valence-electron chi connectivity index (χ2n) is 6.73. The van der Waals surface area contributed by atoms with Crippen molar-refractivity contribution in [3.05, 3.63) is 28.8 Å². The largest absolute Gasteiger partial charge is 0.507 e. The molecule has 0 spiro atoms. The second-order valence-corrected chi connectivity index (χ2v) is 6.73. The summed E-state index contributed by atoms with van der Waals surface area (Å²) < 4.78 is 0. The van der Waals surface area contributed by atoms with Gasteiger partial charge in [-0.2, -0.15) is 0 Å². The van der Waals surface area contributed by atoms with Crippen LogP contribution in [0.4, 0.5) is 0 Å². The van der Waals surface area contributed by atoms with Crippen LogP contribution < -0.4 is 0 Å². The Balaban J connectivity index is 0.00000324. The molecule has 0 fully saturated rings. The smallest absolute Gasteiger partial charge is 0.335 e. The van der Waals surface area contributed by atoms with Gasteiger partial charge in [-0.3, -0.25) is 0 Å². The Morgan fingerprint density at radius 3 is 1.47 bits per heavy atom. The van der Waals surface area contributed by atoms with E-state index in [-0.39, 0.29) is 51.7 Å². The zero-order valence-electron chi connectivity index (χ0n) is 13.0. The quantitative estimate of drug-likeness (QED) is 0.772. The summed E-state index contributed by atoms with van der Waals surface area (Å²) in [6.07, 6.45) is 0. The number of carbonyl (C=O) groups is 1. The fourth-order valence-electron chi connectivity index (χ4n) is 1.90. The minimum absolute atomic E-state index is 0. The van der Waals surface area contributed by atoms with Crippen LogP contribution in [0.25, 0.3) is 0 Å². The molecule has 0 aliphatic heterocycles. The Morgan fingerprint density at radius 1 is 0.947 bits per heavy atom. The van der Waals surface area contributed by atoms with Gasteiger partial charge in [-0.05, 0) is 23.0 Å². The van der Waals surface area contributed by atoms with Crippen molar-refractivity contribution in [2.24, 2.45) is 0 Å². The maximum atomic E-state index is 11.2. The van der Waals surface area contributed by atoms with E-state index < -0.39 is 5.97 Å². The summed E-state index contributed by atoms with van der Waals surface area (Å²) in [4.78, 5) is 11.2. The van der Waals surface area contributed by atoms with E-state index in [0.29, 0.717) is 11.1 Å². The Hall–Kier alpha value is -0.510. The molecule has 101 valence electrons. The minimum atomic E-state index is -0.967. The van der Waals surface area contributed by atoms with E-state index in [1.807, 2.05) is 41.5 Å². The molecule has 0 bridgehead atoms. The number of phenols is 1. The molecule has 4 heteroatoms. The van der Waals surface area contributed by atoms with Gasteiger partial charge in [0.25, 0.3) is 0 Å². The summed E-state index contributed by atoms with van der Waals surface area (Å²) >= 11 is 0. The van der Waals surface area contributed by atoms with Crippen LogP contribution in [0.1, 0.15) is 63.0 Å². The number of phenolic OH excluding ortho intramolecular Hbond substituents is 1. The number of aromatic carboxylic acids is 1. The molecule has 1 rings (SSSR count). The Bertz CT molecular complexity index is 444. The maximum Gasteiger partial charge on any atom is 0.335 e. The van der Waals surface area contributed by atoms with Crippen molar-refractivity contribution in [1.29, 1.82) is 0 Å². The number of benzene rings is 1. The van der Waals surface area contributed by atoms with Crippen molar-refractivity contribution in [3.63, 3.8) is 0 Å². The van der Waals surface area contributed by atoms with Crippen LogP contribution in [0.3, 0.4) is 0 Å². The first-order valence-corrected chi connectivity index (χ1v) is 6.06. The summed E-state index contributed by atoms with van der Waals surface area (Å²) in [5.74, 6) is -0.758. The number of rotatable bonds is 1. The third-order valence-corrected chi connectivity index (χ3v) is 2.97. The first-order chi connectivity index (χ1) is 7.94. The van der Waals surface area contributed by atoms with E-state index in [9.17, 15) is 15.0 Å². The topological polar surface area (TPSA) is 57.5 Å². The summed E-state index contributed by atoms with van der Waals surface area (Å²) in [6, 6.07) is 3.12. The molecule has 0 unspecified atom stereocenters. The molecule has 0 aliphatic carbocycles. The van der Waals surface area contributed by atoms with Gasteiger partial charge < -0.3 is 10.2 Å². The normalized spacial score (nSPS) is 11.9. The molecule has 0 saturated carbocycles. The van der Waals surface area contributed by atoms with Crippen LogP contribution in [-0.4, -0.2) is 45.7 Å². The number of aromatic hydroxyl groups is 1. The van der Waals surface area contributed by atoms with Crippen molar-refractivity contribution in [2.75, 3.05) is 0 Å². The zero-order valence-corrected chi connectivity index (χ0v) is 15.0. The maximum absolute atomic E-state index is 11.2. The van der Waals surface area contributed by atoms with Gasteiger partial charge in [0.15, 0.2) is 0 Å². The van der Waals surface area contributed by atoms with Crippen LogP contribution in [0.15, 0.2) is 12.1 Å². The van der Waals surface area contributed by atoms with Gasteiger partial charge >= 0.3 is 5.97 Å². The molecule has 0 atom stereocenters. The van der Waals surface area contributed by atoms with Crippen LogP contribution in [-0.2, 0) is 10.8 Å². The van der Waals surface area contributed by atoms with Crippen LogP contribution >= 0.6 is 0 Å². The average Bonchev–Trinajstić information content (AvgIpc) is 2.13. The fraction of sp³-hybridized carbons (Fsp3) is 0.533. The molecule has 0 aliphatic rings. The average molecular weight is 273 g/mol. The van der Waals surface area contributed by atoms with E-state index in [4.69, 9.17) is 0 Å². The third kappa shape index (κ3) is 4.23. The van der Waals surface area contributed by atoms with Gasteiger partial charge in [0.2, 0.25) is 0 Å². The van der Waals surface area contributed by atoms with Gasteiger partial charge in [0, 0.05) is 40.7 Å². The van der Waals surface area contributed by atoms with Gasteiger partial charge in [0.05, 0.1) is 5.56 Å². The molecule has 0 aromatic heterocycles. The summed E-state index contributed by atoms with van der Waals surface area (Å²) in [7, 11) is 0. The molecule has 3 nitrogen and oxygen atoms in total. The molecule has 19 heavy (non-hydrogen) atoms. The van der Waals surface area contributed by atoms with E-state index in [2.05, 4.69) is 0 Å². The number of carboxylic acid groups (broad SMARTS) is 1. The van der Waals surface area contributed by atoms with E-state index in [1.54, 1.807) is 12.1 Å². The standard InChI is InChI=1S/C15H22O3.Na/c1-14(2,3)10-7-9(13(17)18)8-11(12(10)16)15(4,5)6;/h7-8,16H,1-6H3,(H,17,18);. The molecule has 1 aromatic carbocycles. The predicted octanol–water partition coefficient (Wildman–Crippen LogP) is 3.30. The van der Waals surface area contributed by atoms with E-state index in [1.165, 1.54) is 0 Å². The van der Waals surface area contributed by atoms with Gasteiger partial charge in [-0.15, -0.1) is 0 Å². The van der Waals surface area contributed by atoms with Crippen molar-refractivity contribution in [3.8, 4) is 5.75 Å². The first-order valence-electron chi connectivity index (χ1n) is 6.06. The monoisotopic (exact) mass is 273 g/mol. The summed E-state index contributed by atoms with van der Waals surface area (Å²) in [6.45, 7) is 11.8. The molecular formula is C15H22NaO3. The molecule has 1 aromatic rings. The Kier molecular flexibility index (Phi) is 5.70. The van der Waals surface area contributed by atoms with Crippen molar-refractivity contribution >= 4 is 35.5 Å². The predicted molar refractivity (Wildman–Crippen MR) is 78.2 cm³/mol. The number of hydrogen-bond acceptors (Lipinski definition) is 2. The zero-order chi connectivity index (χ0) is 14.3. The number of carboxylic acids is 1. The molecule has 0 amide bonds. The van der Waals surface area contributed by atoms with E-state index in [0.717, 1.165) is 0 Å². The molecule has 2 N–H and O–H groups in total. The minimum Gasteiger partial charge on any atom is -0.507 e. The van der Waals surface area contributed by atoms with Crippen LogP contribution in [0, 0.1) is 0 Å². The number of hydrogen-bond donors (Lipinski definition) is 2. The SMILES string of the molecule is CC(C)(C)c1cc(C(=O)O)cc(C(C)(C)C)c1O.[Na]. The van der Waals surface area contributed by atoms with Crippen molar-refractivity contribution in [2.45, 2.75) is 52.4 Å².